The minimum absolute atomic E-state index is 0.0618. The number of nitriles is 1. The first-order valence-corrected chi connectivity index (χ1v) is 31.4. The third-order valence-corrected chi connectivity index (χ3v) is 24.9. The van der Waals surface area contributed by atoms with E-state index in [2.05, 4.69) is 30.2 Å². The lowest BCUT2D eigenvalue weighted by molar-refractivity contribution is -0.0685. The molecule has 0 radical (unpaired) electrons. The maximum atomic E-state index is 15.4. The first kappa shape index (κ1) is 52.0. The van der Waals surface area contributed by atoms with E-state index in [0.29, 0.717) is 11.1 Å². The van der Waals surface area contributed by atoms with Gasteiger partial charge in [0.1, 0.15) is 43.0 Å². The number of carbonyl (C=O) groups excluding carboxylic acids is 1. The molecule has 1 amide bonds. The molecule has 27 heteroatoms. The number of imidazole rings is 2. The van der Waals surface area contributed by atoms with Gasteiger partial charge in [-0.05, 0) is 54.5 Å². The predicted octanol–water partition coefficient (Wildman–Crippen LogP) is 7.35. The Labute approximate surface area is 406 Å². The molecule has 3 aliphatic heterocycles. The number of pyridine rings is 1. The second-order valence-corrected chi connectivity index (χ2v) is 32.8. The molecule has 8 rings (SSSR count). The van der Waals surface area contributed by atoms with E-state index in [1.807, 2.05) is 73.8 Å². The molecule has 3 N–H and O–H groups in total. The number of nitrogens with one attached hydrogen (secondary N) is 2. The number of ether oxygens (including phenoxy) is 2. The highest BCUT2D eigenvalue weighted by Crippen LogP contribution is 2.58. The number of phosphoric acid groups is 2. The van der Waals surface area contributed by atoms with Gasteiger partial charge in [-0.3, -0.25) is 36.8 Å². The summed E-state index contributed by atoms with van der Waals surface area (Å²) in [5.41, 5.74) is 0.655. The SMILES string of the molecule is CC(C)(C)[Si](C)(C)O[C@@H]1[C@@H]2OP(=O)(OCCC#N)OC[C@H]3O[C@@H](n4cnc5c(=O)[nH]ccc54)[C@H](OP(=O)(O)OC[C@H]2O[C@H]1n1cnc2c(NC(=O)c4ccccc4)ncnc21)[C@@H]3O[Si](C)(C)C(C)(C)C. The number of phosphoric ester groups is 2. The van der Waals surface area contributed by atoms with Crippen molar-refractivity contribution in [1.29, 1.82) is 5.26 Å². The topological polar surface area (TPSA) is 285 Å². The van der Waals surface area contributed by atoms with Gasteiger partial charge in [-0.15, -0.1) is 0 Å². The molecular formula is C43H59N9O14P2Si2. The summed E-state index contributed by atoms with van der Waals surface area (Å²) in [5, 5.41) is 11.5. The second kappa shape index (κ2) is 19.6. The van der Waals surface area contributed by atoms with Crippen molar-refractivity contribution in [2.45, 2.75) is 133 Å². The van der Waals surface area contributed by atoms with Gasteiger partial charge in [-0.1, -0.05) is 59.7 Å². The number of aromatic amines is 1. The van der Waals surface area contributed by atoms with Crippen molar-refractivity contribution in [2.24, 2.45) is 0 Å². The van der Waals surface area contributed by atoms with Gasteiger partial charge in [0, 0.05) is 11.8 Å². The number of H-pyrrole nitrogens is 1. The molecule has 3 saturated heterocycles. The van der Waals surface area contributed by atoms with Gasteiger partial charge in [-0.2, -0.15) is 5.26 Å². The van der Waals surface area contributed by atoms with Crippen molar-refractivity contribution < 1.29 is 59.8 Å². The molecule has 10 atom stereocenters. The lowest BCUT2D eigenvalue weighted by Gasteiger charge is -2.41. The summed E-state index contributed by atoms with van der Waals surface area (Å²) in [5.74, 6) is -0.340. The third-order valence-electron chi connectivity index (χ3n) is 13.5. The zero-order valence-corrected chi connectivity index (χ0v) is 44.3. The number of hydrogen-bond donors (Lipinski definition) is 3. The number of amides is 1. The number of benzene rings is 1. The molecule has 7 heterocycles. The fraction of sp³-hybridized carbons (Fsp3) is 0.558. The number of anilines is 1. The number of carbonyl (C=O) groups is 1. The Morgan fingerprint density at radius 1 is 0.857 bits per heavy atom. The van der Waals surface area contributed by atoms with Crippen LogP contribution in [0.1, 0.15) is 70.8 Å². The minimum Gasteiger partial charge on any atom is -0.408 e. The molecule has 23 nitrogen and oxygen atoms in total. The van der Waals surface area contributed by atoms with Gasteiger partial charge in [-0.25, -0.2) is 29.1 Å². The smallest absolute Gasteiger partial charge is 0.408 e. The van der Waals surface area contributed by atoms with Crippen molar-refractivity contribution >= 4 is 66.2 Å². The van der Waals surface area contributed by atoms with Gasteiger partial charge >= 0.3 is 15.6 Å². The van der Waals surface area contributed by atoms with Crippen molar-refractivity contribution in [2.75, 3.05) is 25.1 Å². The molecule has 3 fully saturated rings. The first-order valence-electron chi connectivity index (χ1n) is 22.7. The largest absolute Gasteiger partial charge is 0.475 e. The van der Waals surface area contributed by atoms with Crippen LogP contribution in [-0.4, -0.2) is 118 Å². The lowest BCUT2D eigenvalue weighted by atomic mass is 10.1. The van der Waals surface area contributed by atoms with E-state index in [0.717, 1.165) is 0 Å². The highest BCUT2D eigenvalue weighted by Gasteiger charge is 2.58. The third kappa shape index (κ3) is 10.6. The maximum absolute atomic E-state index is 15.4. The molecule has 3 aliphatic rings. The molecule has 0 spiro atoms. The summed E-state index contributed by atoms with van der Waals surface area (Å²) in [4.78, 5) is 58.1. The van der Waals surface area contributed by atoms with Crippen LogP contribution < -0.4 is 10.9 Å². The van der Waals surface area contributed by atoms with E-state index < -0.39 is 116 Å². The summed E-state index contributed by atoms with van der Waals surface area (Å²) in [6.45, 7) is 18.3. The monoisotopic (exact) mass is 1040 g/mol. The zero-order chi connectivity index (χ0) is 50.6. The predicted molar refractivity (Wildman–Crippen MR) is 257 cm³/mol. The summed E-state index contributed by atoms with van der Waals surface area (Å²) in [6, 6.07) is 12.1. The molecule has 5 aromatic rings. The molecule has 2 unspecified atom stereocenters. The van der Waals surface area contributed by atoms with Crippen LogP contribution >= 0.6 is 15.6 Å². The number of fused-ring (bicyclic) bond motifs is 5. The van der Waals surface area contributed by atoms with Crippen LogP contribution in [0.15, 0.2) is 66.4 Å². The van der Waals surface area contributed by atoms with Gasteiger partial charge in [0.2, 0.25) is 0 Å². The van der Waals surface area contributed by atoms with Crippen LogP contribution in [0.3, 0.4) is 0 Å². The zero-order valence-electron chi connectivity index (χ0n) is 40.5. The Kier molecular flexibility index (Phi) is 14.5. The first-order chi connectivity index (χ1) is 32.8. The number of hydrogen-bond acceptors (Lipinski definition) is 18. The van der Waals surface area contributed by atoms with Gasteiger partial charge in [0.15, 0.2) is 51.6 Å². The van der Waals surface area contributed by atoms with Crippen molar-refractivity contribution in [3.8, 4) is 6.07 Å². The van der Waals surface area contributed by atoms with Crippen LogP contribution in [-0.2, 0) is 50.1 Å². The molecule has 0 aliphatic carbocycles. The fourth-order valence-electron chi connectivity index (χ4n) is 7.72. The van der Waals surface area contributed by atoms with E-state index in [1.165, 1.54) is 34.3 Å². The molecule has 0 saturated carbocycles. The fourth-order valence-corrected chi connectivity index (χ4v) is 12.6. The highest BCUT2D eigenvalue weighted by atomic mass is 31.2. The Morgan fingerprint density at radius 3 is 2.19 bits per heavy atom. The molecule has 1 aromatic carbocycles. The Morgan fingerprint density at radius 2 is 1.50 bits per heavy atom. The van der Waals surface area contributed by atoms with Crippen LogP contribution in [0.25, 0.3) is 22.2 Å². The standard InChI is InChI=1S/C43H59N9O14P2Si2/c1-42(2,3)69(7,8)65-33-29-22-60-68(57,58-20-14-18-44)64-32-28(21-59-67(55,56)63-34(33)40(62-29)51-24-48-30-27(51)17-19-45-39(30)54)61-41(35(32)66-70(9,10)43(4,5)6)52-25-49-31-36(46-23-47-37(31)52)50-38(53)26-15-12-11-13-16-26/h11-13,15-17,19,23-25,28-29,32-35,40-41H,14,20-22H2,1-10H3,(H,45,54)(H,55,56)(H,46,47,50,53)/t28-,29-,32-,33-,34-,35-,40-,41-,68?/m1/s1. The average molecular weight is 1040 g/mol. The van der Waals surface area contributed by atoms with Crippen LogP contribution in [0.4, 0.5) is 5.82 Å². The van der Waals surface area contributed by atoms with E-state index in [-0.39, 0.29) is 35.5 Å². The molecule has 378 valence electrons. The van der Waals surface area contributed by atoms with Gasteiger partial charge in [0.05, 0.1) is 50.5 Å². The second-order valence-electron chi connectivity index (χ2n) is 20.3. The van der Waals surface area contributed by atoms with Crippen LogP contribution in [0.5, 0.6) is 0 Å². The van der Waals surface area contributed by atoms with E-state index >= 15 is 4.57 Å². The minimum atomic E-state index is -5.18. The Hall–Kier alpha value is -4.36. The molecule has 70 heavy (non-hydrogen) atoms. The maximum Gasteiger partial charge on any atom is 0.475 e. The van der Waals surface area contributed by atoms with Crippen molar-refractivity contribution in [3.05, 3.63) is 77.5 Å². The van der Waals surface area contributed by atoms with E-state index in [9.17, 15) is 24.3 Å². The highest BCUT2D eigenvalue weighted by molar-refractivity contribution is 7.48. The summed E-state index contributed by atoms with van der Waals surface area (Å²) >= 11 is 0. The van der Waals surface area contributed by atoms with Crippen LogP contribution in [0.2, 0.25) is 36.3 Å². The van der Waals surface area contributed by atoms with E-state index in [4.69, 9.17) is 40.9 Å². The number of aromatic nitrogens is 7. The Bertz CT molecular complexity index is 2920. The number of nitrogens with zero attached hydrogens (tertiary/aromatic N) is 7. The average Bonchev–Trinajstić information content (AvgIpc) is 4.06. The molecular weight excluding hydrogens is 985 g/mol. The van der Waals surface area contributed by atoms with Crippen molar-refractivity contribution in [1.82, 2.24) is 34.1 Å². The van der Waals surface area contributed by atoms with E-state index in [1.54, 1.807) is 36.4 Å². The normalized spacial score (nSPS) is 29.2. The van der Waals surface area contributed by atoms with Crippen LogP contribution in [0, 0.1) is 11.3 Å². The molecule has 2 bridgehead atoms. The number of rotatable bonds is 11. The van der Waals surface area contributed by atoms with Gasteiger partial charge < -0.3 is 38.1 Å². The lowest BCUT2D eigenvalue weighted by Crippen LogP contribution is -2.50. The summed E-state index contributed by atoms with van der Waals surface area (Å²) in [6.07, 6.45) is -5.12. The quantitative estimate of drug-likeness (QED) is 0.0662. The molecule has 4 aromatic heterocycles. The van der Waals surface area contributed by atoms with Gasteiger partial charge in [0.25, 0.3) is 11.5 Å². The van der Waals surface area contributed by atoms with Crippen molar-refractivity contribution in [3.63, 3.8) is 0 Å². The summed E-state index contributed by atoms with van der Waals surface area (Å²) in [7, 11) is -15.7. The summed E-state index contributed by atoms with van der Waals surface area (Å²) < 4.78 is 90.9. The Balaban J connectivity index is 1.22.